The second-order valence-corrected chi connectivity index (χ2v) is 5.98. The molecular formula is C19H13ClN2O4. The summed E-state index contributed by atoms with van der Waals surface area (Å²) < 4.78 is 11.4. The zero-order valence-corrected chi connectivity index (χ0v) is 14.7. The number of fused-ring (bicyclic) bond motifs is 6. The van der Waals surface area contributed by atoms with Gasteiger partial charge < -0.3 is 9.47 Å². The maximum atomic E-state index is 12.5. The summed E-state index contributed by atoms with van der Waals surface area (Å²) in [4.78, 5) is 29.4. The number of ether oxygens (including phenoxy) is 2. The van der Waals surface area contributed by atoms with Gasteiger partial charge in [0.15, 0.2) is 0 Å². The van der Waals surface area contributed by atoms with Crippen LogP contribution in [0, 0.1) is 0 Å². The number of aromatic nitrogens is 2. The minimum absolute atomic E-state index is 0.0254. The van der Waals surface area contributed by atoms with Gasteiger partial charge in [0.1, 0.15) is 16.3 Å². The van der Waals surface area contributed by atoms with Gasteiger partial charge in [-0.2, -0.15) is 0 Å². The Labute approximate surface area is 152 Å². The Hall–Kier alpha value is -3.12. The van der Waals surface area contributed by atoms with E-state index in [1.165, 1.54) is 14.2 Å². The predicted octanol–water partition coefficient (Wildman–Crippen LogP) is 3.87. The van der Waals surface area contributed by atoms with E-state index in [4.69, 9.17) is 21.1 Å². The molecule has 0 spiro atoms. The topological polar surface area (TPSA) is 69.9 Å². The van der Waals surface area contributed by atoms with Crippen molar-refractivity contribution in [2.75, 3.05) is 14.2 Å². The van der Waals surface area contributed by atoms with Gasteiger partial charge in [-0.05, 0) is 12.1 Å². The van der Waals surface area contributed by atoms with Gasteiger partial charge in [0.25, 0.3) is 0 Å². The van der Waals surface area contributed by atoms with Crippen molar-refractivity contribution in [3.63, 3.8) is 0 Å². The molecule has 0 fully saturated rings. The number of esters is 2. The van der Waals surface area contributed by atoms with E-state index >= 15 is 0 Å². The van der Waals surface area contributed by atoms with E-state index < -0.39 is 11.9 Å². The molecule has 0 saturated carbocycles. The molecular weight excluding hydrogens is 356 g/mol. The number of carbonyl (C=O) groups is 2. The molecule has 0 aliphatic rings. The van der Waals surface area contributed by atoms with E-state index in [0.717, 1.165) is 10.8 Å². The molecule has 0 aliphatic heterocycles. The van der Waals surface area contributed by atoms with Crippen LogP contribution in [0.5, 0.6) is 0 Å². The molecule has 0 saturated heterocycles. The molecule has 0 N–H and O–H groups in total. The second kappa shape index (κ2) is 6.00. The first kappa shape index (κ1) is 16.4. The Morgan fingerprint density at radius 2 is 1.62 bits per heavy atom. The molecule has 1 aromatic carbocycles. The molecule has 0 unspecified atom stereocenters. The van der Waals surface area contributed by atoms with Gasteiger partial charge in [-0.25, -0.2) is 9.59 Å². The van der Waals surface area contributed by atoms with Crippen LogP contribution in [0.3, 0.4) is 0 Å². The van der Waals surface area contributed by atoms with Gasteiger partial charge in [0, 0.05) is 17.0 Å². The van der Waals surface area contributed by atoms with Gasteiger partial charge in [0.05, 0.1) is 30.8 Å². The Morgan fingerprint density at radius 1 is 0.962 bits per heavy atom. The number of rotatable bonds is 2. The quantitative estimate of drug-likeness (QED) is 0.397. The van der Waals surface area contributed by atoms with Crippen molar-refractivity contribution in [2.45, 2.75) is 0 Å². The van der Waals surface area contributed by atoms with Crippen LogP contribution in [-0.2, 0) is 9.47 Å². The number of hydrogen-bond donors (Lipinski definition) is 0. The van der Waals surface area contributed by atoms with Crippen LogP contribution in [0.25, 0.3) is 27.3 Å². The lowest BCUT2D eigenvalue weighted by Gasteiger charge is -2.09. The first-order valence-electron chi connectivity index (χ1n) is 7.76. The number of pyridine rings is 2. The monoisotopic (exact) mass is 368 g/mol. The van der Waals surface area contributed by atoms with Crippen LogP contribution in [0.4, 0.5) is 0 Å². The maximum absolute atomic E-state index is 12.5. The normalized spacial score (nSPS) is 11.2. The summed E-state index contributed by atoms with van der Waals surface area (Å²) in [6.07, 6.45) is 1.68. The van der Waals surface area contributed by atoms with Gasteiger partial charge in [-0.15, -0.1) is 0 Å². The Kier molecular flexibility index (Phi) is 3.77. The highest BCUT2D eigenvalue weighted by molar-refractivity contribution is 6.36. The molecule has 0 amide bonds. The standard InChI is InChI=1S/C19H13ClN2O4/c1-25-18(23)13-14(19(24)26-2)17(20)22-12-8-5-9-21-15(12)10-6-3-4-7-11(10)16(13)22/h3-9H,1-2H3. The first-order valence-corrected chi connectivity index (χ1v) is 8.14. The van der Waals surface area contributed by atoms with Crippen molar-refractivity contribution < 1.29 is 19.1 Å². The van der Waals surface area contributed by atoms with Gasteiger partial charge in [-0.3, -0.25) is 9.38 Å². The van der Waals surface area contributed by atoms with E-state index in [1.807, 2.05) is 30.3 Å². The first-order chi connectivity index (χ1) is 12.6. The van der Waals surface area contributed by atoms with Crippen molar-refractivity contribution in [1.82, 2.24) is 9.38 Å². The Morgan fingerprint density at radius 3 is 2.31 bits per heavy atom. The van der Waals surface area contributed by atoms with Gasteiger partial charge >= 0.3 is 11.9 Å². The highest BCUT2D eigenvalue weighted by Gasteiger charge is 2.31. The molecule has 3 aromatic heterocycles. The van der Waals surface area contributed by atoms with E-state index in [0.29, 0.717) is 16.6 Å². The summed E-state index contributed by atoms with van der Waals surface area (Å²) >= 11 is 6.54. The number of carbonyl (C=O) groups excluding carboxylic acids is 2. The number of benzene rings is 1. The molecule has 0 radical (unpaired) electrons. The summed E-state index contributed by atoms with van der Waals surface area (Å²) in [6, 6.07) is 11.1. The van der Waals surface area contributed by atoms with Crippen molar-refractivity contribution in [2.24, 2.45) is 0 Å². The number of nitrogens with zero attached hydrogens (tertiary/aromatic N) is 2. The van der Waals surface area contributed by atoms with Gasteiger partial charge in [0.2, 0.25) is 0 Å². The second-order valence-electron chi connectivity index (χ2n) is 5.62. The van der Waals surface area contributed by atoms with Crippen LogP contribution < -0.4 is 0 Å². The third-order valence-electron chi connectivity index (χ3n) is 4.36. The van der Waals surface area contributed by atoms with Crippen LogP contribution in [0.2, 0.25) is 5.15 Å². The molecule has 0 bridgehead atoms. The van der Waals surface area contributed by atoms with Crippen molar-refractivity contribution in [3.8, 4) is 0 Å². The third-order valence-corrected chi connectivity index (χ3v) is 4.71. The lowest BCUT2D eigenvalue weighted by Crippen LogP contribution is -2.10. The van der Waals surface area contributed by atoms with Crippen molar-refractivity contribution >= 4 is 50.9 Å². The number of hydrogen-bond acceptors (Lipinski definition) is 5. The molecule has 130 valence electrons. The lowest BCUT2D eigenvalue weighted by atomic mass is 10.0. The minimum Gasteiger partial charge on any atom is -0.465 e. The number of methoxy groups -OCH3 is 2. The smallest absolute Gasteiger partial charge is 0.341 e. The molecule has 0 aliphatic carbocycles. The van der Waals surface area contributed by atoms with Crippen LogP contribution >= 0.6 is 11.6 Å². The highest BCUT2D eigenvalue weighted by Crippen LogP contribution is 2.37. The van der Waals surface area contributed by atoms with E-state index in [9.17, 15) is 9.59 Å². The van der Waals surface area contributed by atoms with E-state index in [1.54, 1.807) is 16.7 Å². The fraction of sp³-hybridized carbons (Fsp3) is 0.105. The van der Waals surface area contributed by atoms with E-state index in [-0.39, 0.29) is 16.3 Å². The summed E-state index contributed by atoms with van der Waals surface area (Å²) in [5.74, 6) is -1.37. The molecule has 4 aromatic rings. The fourth-order valence-electron chi connectivity index (χ4n) is 3.29. The molecule has 26 heavy (non-hydrogen) atoms. The van der Waals surface area contributed by atoms with E-state index in [2.05, 4.69) is 4.98 Å². The Balaban J connectivity index is 2.38. The molecule has 4 rings (SSSR count). The summed E-state index contributed by atoms with van der Waals surface area (Å²) in [5.41, 5.74) is 1.92. The zero-order chi connectivity index (χ0) is 18.4. The molecule has 7 heteroatoms. The Bertz CT molecular complexity index is 1210. The SMILES string of the molecule is COC(=O)c1c(C(=O)OC)c2c3ccccc3c3ncccc3n2c1Cl. The largest absolute Gasteiger partial charge is 0.465 e. The average molecular weight is 369 g/mol. The highest BCUT2D eigenvalue weighted by atomic mass is 35.5. The summed E-state index contributed by atoms with van der Waals surface area (Å²) in [7, 11) is 2.49. The van der Waals surface area contributed by atoms with Crippen molar-refractivity contribution in [3.05, 3.63) is 58.9 Å². The maximum Gasteiger partial charge on any atom is 0.341 e. The van der Waals surface area contributed by atoms with Crippen LogP contribution in [-0.4, -0.2) is 35.5 Å². The predicted molar refractivity (Wildman–Crippen MR) is 97.9 cm³/mol. The van der Waals surface area contributed by atoms with Crippen molar-refractivity contribution in [1.29, 1.82) is 0 Å². The lowest BCUT2D eigenvalue weighted by molar-refractivity contribution is 0.0558. The average Bonchev–Trinajstić information content (AvgIpc) is 3.00. The third kappa shape index (κ3) is 2.09. The fourth-order valence-corrected chi connectivity index (χ4v) is 3.64. The molecule has 3 heterocycles. The number of halogens is 1. The minimum atomic E-state index is -0.708. The molecule has 0 atom stereocenters. The zero-order valence-electron chi connectivity index (χ0n) is 13.9. The summed E-state index contributed by atoms with van der Waals surface area (Å²) in [5, 5.41) is 1.65. The van der Waals surface area contributed by atoms with Crippen LogP contribution in [0.1, 0.15) is 20.7 Å². The molecule has 6 nitrogen and oxygen atoms in total. The van der Waals surface area contributed by atoms with Crippen LogP contribution in [0.15, 0.2) is 42.6 Å². The van der Waals surface area contributed by atoms with Gasteiger partial charge in [-0.1, -0.05) is 35.9 Å². The summed E-state index contributed by atoms with van der Waals surface area (Å²) in [6.45, 7) is 0.